The second kappa shape index (κ2) is 9.54. The van der Waals surface area contributed by atoms with Crippen molar-refractivity contribution in [3.8, 4) is 11.4 Å². The highest BCUT2D eigenvalue weighted by Gasteiger charge is 2.30. The number of benzene rings is 2. The van der Waals surface area contributed by atoms with Crippen molar-refractivity contribution in [1.82, 2.24) is 24.9 Å². The molecule has 9 heteroatoms. The minimum Gasteiger partial charge on any atom is -0.355 e. The lowest BCUT2D eigenvalue weighted by Gasteiger charge is -2.10. The lowest BCUT2D eigenvalue weighted by molar-refractivity contribution is -0.137. The van der Waals surface area contributed by atoms with Crippen molar-refractivity contribution < 1.29 is 18.0 Å². The minimum absolute atomic E-state index is 0.0923. The maximum Gasteiger partial charge on any atom is 0.416 e. The van der Waals surface area contributed by atoms with Crippen LogP contribution in [0.5, 0.6) is 0 Å². The van der Waals surface area contributed by atoms with Crippen LogP contribution >= 0.6 is 0 Å². The van der Waals surface area contributed by atoms with Crippen molar-refractivity contribution in [2.75, 3.05) is 6.54 Å². The number of amides is 1. The lowest BCUT2D eigenvalue weighted by Crippen LogP contribution is -2.27. The number of halogens is 3. The number of aromatic nitrogens is 4. The minimum atomic E-state index is -4.44. The van der Waals surface area contributed by atoms with Gasteiger partial charge >= 0.3 is 6.18 Å². The molecule has 2 aromatic heterocycles. The van der Waals surface area contributed by atoms with Gasteiger partial charge < -0.3 is 5.32 Å². The van der Waals surface area contributed by atoms with E-state index in [-0.39, 0.29) is 12.3 Å². The lowest BCUT2D eigenvalue weighted by atomic mass is 10.1. The second-order valence-corrected chi connectivity index (χ2v) is 7.97. The molecule has 1 N–H and O–H groups in total. The van der Waals surface area contributed by atoms with Crippen molar-refractivity contribution in [2.45, 2.75) is 32.9 Å². The summed E-state index contributed by atoms with van der Waals surface area (Å²) in [4.78, 5) is 12.5. The van der Waals surface area contributed by atoms with E-state index in [9.17, 15) is 18.0 Å². The van der Waals surface area contributed by atoms with Crippen LogP contribution in [0.2, 0.25) is 0 Å². The fraction of sp³-hybridized carbons (Fsp3) is 0.240. The van der Waals surface area contributed by atoms with E-state index >= 15 is 0 Å². The number of nitrogens with zero attached hydrogens (tertiary/aromatic N) is 4. The zero-order chi connectivity index (χ0) is 24.3. The SMILES string of the molecule is Cc1nn(-c2cccc(C(F)(F)F)c2)c(C)c1CC(=O)NCCc1ccn(-c2ccccc2)n1. The number of carbonyl (C=O) groups is 1. The molecule has 0 bridgehead atoms. The first kappa shape index (κ1) is 23.3. The smallest absolute Gasteiger partial charge is 0.355 e. The Bertz CT molecular complexity index is 1290. The molecule has 0 unspecified atom stereocenters. The average molecular weight is 467 g/mol. The highest BCUT2D eigenvalue weighted by Crippen LogP contribution is 2.31. The molecule has 34 heavy (non-hydrogen) atoms. The highest BCUT2D eigenvalue weighted by atomic mass is 19.4. The molecule has 0 aliphatic carbocycles. The summed E-state index contributed by atoms with van der Waals surface area (Å²) in [5.74, 6) is -0.183. The van der Waals surface area contributed by atoms with E-state index in [2.05, 4.69) is 15.5 Å². The van der Waals surface area contributed by atoms with Gasteiger partial charge in [0, 0.05) is 30.4 Å². The molecule has 2 aromatic carbocycles. The van der Waals surface area contributed by atoms with Crippen LogP contribution in [0.1, 0.15) is 28.2 Å². The third kappa shape index (κ3) is 5.19. The first-order valence-electron chi connectivity index (χ1n) is 10.8. The number of carbonyl (C=O) groups excluding carboxylic acids is 1. The first-order valence-corrected chi connectivity index (χ1v) is 10.8. The van der Waals surface area contributed by atoms with Gasteiger partial charge in [-0.3, -0.25) is 4.79 Å². The molecule has 0 aliphatic rings. The molecular formula is C25H24F3N5O. The summed E-state index contributed by atoms with van der Waals surface area (Å²) in [6.45, 7) is 3.92. The van der Waals surface area contributed by atoms with Gasteiger partial charge in [0.15, 0.2) is 0 Å². The fourth-order valence-corrected chi connectivity index (χ4v) is 3.77. The Morgan fingerprint density at radius 2 is 1.71 bits per heavy atom. The molecule has 0 fully saturated rings. The number of alkyl halides is 3. The van der Waals surface area contributed by atoms with E-state index in [1.807, 2.05) is 42.6 Å². The van der Waals surface area contributed by atoms with Gasteiger partial charge in [-0.15, -0.1) is 0 Å². The molecule has 0 saturated carbocycles. The summed E-state index contributed by atoms with van der Waals surface area (Å²) >= 11 is 0. The first-order chi connectivity index (χ1) is 16.2. The Morgan fingerprint density at radius 1 is 0.971 bits per heavy atom. The third-order valence-electron chi connectivity index (χ3n) is 5.56. The van der Waals surface area contributed by atoms with Gasteiger partial charge in [0.25, 0.3) is 0 Å². The molecule has 0 saturated heterocycles. The quantitative estimate of drug-likeness (QED) is 0.432. The highest BCUT2D eigenvalue weighted by molar-refractivity contribution is 5.79. The number of nitrogens with one attached hydrogen (secondary N) is 1. The van der Waals surface area contributed by atoms with E-state index in [0.717, 1.165) is 23.5 Å². The number of hydrogen-bond acceptors (Lipinski definition) is 3. The van der Waals surface area contributed by atoms with Crippen LogP contribution in [0.3, 0.4) is 0 Å². The summed E-state index contributed by atoms with van der Waals surface area (Å²) in [5.41, 5.74) is 3.31. The average Bonchev–Trinajstić information content (AvgIpc) is 3.39. The molecule has 0 aliphatic heterocycles. The Kier molecular flexibility index (Phi) is 6.54. The molecule has 2 heterocycles. The number of aryl methyl sites for hydroxylation is 1. The van der Waals surface area contributed by atoms with Crippen LogP contribution in [0.15, 0.2) is 66.9 Å². The third-order valence-corrected chi connectivity index (χ3v) is 5.56. The summed E-state index contributed by atoms with van der Waals surface area (Å²) in [6.07, 6.45) is -1.89. The van der Waals surface area contributed by atoms with Gasteiger partial charge in [0.05, 0.1) is 34.7 Å². The zero-order valence-electron chi connectivity index (χ0n) is 18.8. The predicted molar refractivity (Wildman–Crippen MR) is 122 cm³/mol. The second-order valence-electron chi connectivity index (χ2n) is 7.97. The van der Waals surface area contributed by atoms with Gasteiger partial charge in [-0.2, -0.15) is 23.4 Å². The van der Waals surface area contributed by atoms with Gasteiger partial charge in [0.1, 0.15) is 0 Å². The normalized spacial score (nSPS) is 11.6. The van der Waals surface area contributed by atoms with Crippen LogP contribution in [-0.2, 0) is 23.8 Å². The molecule has 176 valence electrons. The summed E-state index contributed by atoms with van der Waals surface area (Å²) in [7, 11) is 0. The van der Waals surface area contributed by atoms with E-state index in [1.165, 1.54) is 10.7 Å². The Labute approximate surface area is 195 Å². The van der Waals surface area contributed by atoms with E-state index in [1.54, 1.807) is 24.6 Å². The number of rotatable bonds is 7. The van der Waals surface area contributed by atoms with Gasteiger partial charge in [-0.25, -0.2) is 9.36 Å². The largest absolute Gasteiger partial charge is 0.416 e. The van der Waals surface area contributed by atoms with E-state index in [4.69, 9.17) is 0 Å². The zero-order valence-corrected chi connectivity index (χ0v) is 18.8. The molecular weight excluding hydrogens is 443 g/mol. The van der Waals surface area contributed by atoms with E-state index < -0.39 is 11.7 Å². The van der Waals surface area contributed by atoms with Crippen LogP contribution in [-0.4, -0.2) is 32.0 Å². The monoisotopic (exact) mass is 467 g/mol. The molecule has 4 rings (SSSR count). The fourth-order valence-electron chi connectivity index (χ4n) is 3.77. The van der Waals surface area contributed by atoms with Gasteiger partial charge in [0.2, 0.25) is 5.91 Å². The Morgan fingerprint density at radius 3 is 2.44 bits per heavy atom. The number of hydrogen-bond donors (Lipinski definition) is 1. The summed E-state index contributed by atoms with van der Waals surface area (Å²) in [6, 6.07) is 16.6. The van der Waals surface area contributed by atoms with Crippen LogP contribution in [0.4, 0.5) is 13.2 Å². The number of para-hydroxylation sites is 1. The molecule has 4 aromatic rings. The van der Waals surface area contributed by atoms with Crippen molar-refractivity contribution in [2.24, 2.45) is 0 Å². The van der Waals surface area contributed by atoms with Crippen molar-refractivity contribution in [3.05, 3.63) is 95.1 Å². The Hall–Kier alpha value is -3.88. The summed E-state index contributed by atoms with van der Waals surface area (Å²) in [5, 5.41) is 11.8. The molecule has 1 amide bonds. The van der Waals surface area contributed by atoms with Crippen LogP contribution in [0, 0.1) is 13.8 Å². The molecule has 0 spiro atoms. The molecule has 6 nitrogen and oxygen atoms in total. The molecule has 0 radical (unpaired) electrons. The maximum absolute atomic E-state index is 13.1. The topological polar surface area (TPSA) is 64.7 Å². The van der Waals surface area contributed by atoms with Gasteiger partial charge in [-0.05, 0) is 50.2 Å². The van der Waals surface area contributed by atoms with Crippen molar-refractivity contribution >= 4 is 5.91 Å². The van der Waals surface area contributed by atoms with Crippen molar-refractivity contribution in [3.63, 3.8) is 0 Å². The molecule has 0 atom stereocenters. The maximum atomic E-state index is 13.1. The Balaban J connectivity index is 1.38. The van der Waals surface area contributed by atoms with Crippen LogP contribution in [0.25, 0.3) is 11.4 Å². The van der Waals surface area contributed by atoms with Gasteiger partial charge in [-0.1, -0.05) is 24.3 Å². The predicted octanol–water partition coefficient (Wildman–Crippen LogP) is 4.60. The van der Waals surface area contributed by atoms with E-state index in [0.29, 0.717) is 35.6 Å². The standard InChI is InChI=1S/C25H24F3N5O/c1-17-23(18(2)33(30-17)22-10-6-7-19(15-22)25(26,27)28)16-24(34)29-13-11-20-12-14-32(31-20)21-8-4-3-5-9-21/h3-10,12,14-15H,11,13,16H2,1-2H3,(H,29,34). The summed E-state index contributed by atoms with van der Waals surface area (Å²) < 4.78 is 42.5. The van der Waals surface area contributed by atoms with Crippen molar-refractivity contribution in [1.29, 1.82) is 0 Å². The van der Waals surface area contributed by atoms with Crippen LogP contribution < -0.4 is 5.32 Å².